The molecule has 94 valence electrons. The van der Waals surface area contributed by atoms with Gasteiger partial charge in [0.2, 0.25) is 5.54 Å². The predicted molar refractivity (Wildman–Crippen MR) is 81.1 cm³/mol. The maximum absolute atomic E-state index is 7.04. The van der Waals surface area contributed by atoms with Crippen molar-refractivity contribution in [3.8, 4) is 0 Å². The molecule has 0 saturated heterocycles. The minimum atomic E-state index is -0.125. The Kier molecular flexibility index (Phi) is 10.5. The summed E-state index contributed by atoms with van der Waals surface area (Å²) < 4.78 is 1.31. The topological polar surface area (TPSA) is 4.36 Å². The standard InChI is InChI=1S/C14H26IN/c1-14(2,16-3)12-10-8-6-4-5-7-9-11-13-15/h4-13H2,1-2H3. The maximum atomic E-state index is 7.04. The molecule has 0 aromatic rings. The molecule has 0 aromatic heterocycles. The molecule has 1 nitrogen and oxygen atoms in total. The zero-order valence-electron chi connectivity index (χ0n) is 10.9. The Morgan fingerprint density at radius 1 is 0.875 bits per heavy atom. The fourth-order valence-electron chi connectivity index (χ4n) is 1.77. The Hall–Kier alpha value is 0.220. The van der Waals surface area contributed by atoms with Crippen LogP contribution in [0.3, 0.4) is 0 Å². The third-order valence-corrected chi connectivity index (χ3v) is 3.74. The fourth-order valence-corrected chi connectivity index (χ4v) is 2.31. The van der Waals surface area contributed by atoms with Gasteiger partial charge in [-0.05, 0) is 17.3 Å². The van der Waals surface area contributed by atoms with Crippen molar-refractivity contribution in [2.24, 2.45) is 0 Å². The second-order valence-corrected chi connectivity index (χ2v) is 6.27. The summed E-state index contributed by atoms with van der Waals surface area (Å²) in [4.78, 5) is 3.64. The Bertz CT molecular complexity index is 193. The molecule has 0 amide bonds. The first-order chi connectivity index (χ1) is 7.62. The van der Waals surface area contributed by atoms with E-state index in [4.69, 9.17) is 6.57 Å². The second-order valence-electron chi connectivity index (χ2n) is 5.19. The molecule has 2 heteroatoms. The van der Waals surface area contributed by atoms with Crippen LogP contribution in [0.25, 0.3) is 4.85 Å². The monoisotopic (exact) mass is 335 g/mol. The molecular weight excluding hydrogens is 309 g/mol. The van der Waals surface area contributed by atoms with Crippen LogP contribution in [0.4, 0.5) is 0 Å². The second kappa shape index (κ2) is 10.4. The van der Waals surface area contributed by atoms with Crippen molar-refractivity contribution in [3.63, 3.8) is 0 Å². The SMILES string of the molecule is [C-]#[N+]C(C)(C)CCCCCCCCCCI. The van der Waals surface area contributed by atoms with Gasteiger partial charge < -0.3 is 4.85 Å². The van der Waals surface area contributed by atoms with Crippen molar-refractivity contribution in [1.29, 1.82) is 0 Å². The first-order valence-electron chi connectivity index (χ1n) is 6.57. The average molecular weight is 335 g/mol. The normalized spacial score (nSPS) is 11.4. The average Bonchev–Trinajstić information content (AvgIpc) is 2.27. The summed E-state index contributed by atoms with van der Waals surface area (Å²) in [5, 5.41) is 0. The quantitative estimate of drug-likeness (QED) is 0.211. The van der Waals surface area contributed by atoms with Crippen LogP contribution in [-0.4, -0.2) is 9.97 Å². The molecule has 0 rings (SSSR count). The highest BCUT2D eigenvalue weighted by atomic mass is 127. The van der Waals surface area contributed by atoms with E-state index in [9.17, 15) is 0 Å². The van der Waals surface area contributed by atoms with Gasteiger partial charge in [0.25, 0.3) is 0 Å². The predicted octanol–water partition coefficient (Wildman–Crippen LogP) is 5.63. The largest absolute Gasteiger partial charge is 0.311 e. The molecule has 0 radical (unpaired) electrons. The highest BCUT2D eigenvalue weighted by Crippen LogP contribution is 2.19. The van der Waals surface area contributed by atoms with Crippen LogP contribution in [-0.2, 0) is 0 Å². The van der Waals surface area contributed by atoms with Gasteiger partial charge in [0.15, 0.2) is 0 Å². The number of unbranched alkanes of at least 4 members (excludes halogenated alkanes) is 7. The minimum Gasteiger partial charge on any atom is -0.311 e. The van der Waals surface area contributed by atoms with E-state index in [0.29, 0.717) is 0 Å². The fraction of sp³-hybridized carbons (Fsp3) is 0.929. The van der Waals surface area contributed by atoms with E-state index in [0.717, 1.165) is 6.42 Å². The molecule has 0 aromatic carbocycles. The molecule has 0 aliphatic rings. The third kappa shape index (κ3) is 10.7. The van der Waals surface area contributed by atoms with Crippen LogP contribution in [0.15, 0.2) is 0 Å². The maximum Gasteiger partial charge on any atom is 0.227 e. The van der Waals surface area contributed by atoms with E-state index in [1.54, 1.807) is 0 Å². The van der Waals surface area contributed by atoms with Gasteiger partial charge >= 0.3 is 0 Å². The lowest BCUT2D eigenvalue weighted by Gasteiger charge is -2.10. The van der Waals surface area contributed by atoms with Gasteiger partial charge in [0.1, 0.15) is 0 Å². The van der Waals surface area contributed by atoms with Crippen LogP contribution in [0, 0.1) is 6.57 Å². The Labute approximate surface area is 115 Å². The van der Waals surface area contributed by atoms with Crippen molar-refractivity contribution in [3.05, 3.63) is 11.4 Å². The molecule has 0 aliphatic carbocycles. The van der Waals surface area contributed by atoms with Crippen LogP contribution >= 0.6 is 22.6 Å². The molecule has 0 heterocycles. The van der Waals surface area contributed by atoms with E-state index in [-0.39, 0.29) is 5.54 Å². The number of halogens is 1. The van der Waals surface area contributed by atoms with E-state index in [1.165, 1.54) is 55.8 Å². The first kappa shape index (κ1) is 16.2. The zero-order chi connectivity index (χ0) is 12.3. The highest BCUT2D eigenvalue weighted by molar-refractivity contribution is 14.1. The summed E-state index contributed by atoms with van der Waals surface area (Å²) in [6, 6.07) is 0. The number of hydrogen-bond donors (Lipinski definition) is 0. The van der Waals surface area contributed by atoms with E-state index < -0.39 is 0 Å². The molecule has 16 heavy (non-hydrogen) atoms. The number of nitrogens with zero attached hydrogens (tertiary/aromatic N) is 1. The zero-order valence-corrected chi connectivity index (χ0v) is 13.1. The van der Waals surface area contributed by atoms with Gasteiger partial charge in [-0.3, -0.25) is 0 Å². The molecular formula is C14H26IN. The Morgan fingerprint density at radius 2 is 1.31 bits per heavy atom. The van der Waals surface area contributed by atoms with Gasteiger partial charge in [-0.1, -0.05) is 61.1 Å². The highest BCUT2D eigenvalue weighted by Gasteiger charge is 2.21. The molecule has 0 unspecified atom stereocenters. The molecule has 0 saturated carbocycles. The van der Waals surface area contributed by atoms with E-state index >= 15 is 0 Å². The van der Waals surface area contributed by atoms with E-state index in [2.05, 4.69) is 27.4 Å². The van der Waals surface area contributed by atoms with Crippen molar-refractivity contribution in [2.45, 2.75) is 77.2 Å². The molecule has 0 N–H and O–H groups in total. The third-order valence-electron chi connectivity index (χ3n) is 2.97. The van der Waals surface area contributed by atoms with Crippen molar-refractivity contribution in [1.82, 2.24) is 0 Å². The molecule has 0 atom stereocenters. The van der Waals surface area contributed by atoms with E-state index in [1.807, 2.05) is 13.8 Å². The summed E-state index contributed by atoms with van der Waals surface area (Å²) in [5.41, 5.74) is -0.125. The summed E-state index contributed by atoms with van der Waals surface area (Å²) >= 11 is 2.45. The number of alkyl halides is 1. The molecule has 0 bridgehead atoms. The summed E-state index contributed by atoms with van der Waals surface area (Å²) in [6.45, 7) is 11.1. The van der Waals surface area contributed by atoms with Crippen molar-refractivity contribution in [2.75, 3.05) is 4.43 Å². The smallest absolute Gasteiger partial charge is 0.227 e. The van der Waals surface area contributed by atoms with Crippen LogP contribution in [0.1, 0.15) is 71.6 Å². The lowest BCUT2D eigenvalue weighted by Crippen LogP contribution is -2.12. The van der Waals surface area contributed by atoms with Crippen LogP contribution < -0.4 is 0 Å². The summed E-state index contributed by atoms with van der Waals surface area (Å²) in [5.74, 6) is 0. The van der Waals surface area contributed by atoms with Crippen LogP contribution in [0.2, 0.25) is 0 Å². The summed E-state index contributed by atoms with van der Waals surface area (Å²) in [6.07, 6.45) is 12.0. The molecule has 0 spiro atoms. The van der Waals surface area contributed by atoms with Crippen molar-refractivity contribution < 1.29 is 0 Å². The Morgan fingerprint density at radius 3 is 1.75 bits per heavy atom. The van der Waals surface area contributed by atoms with Crippen molar-refractivity contribution >= 4 is 22.6 Å². The van der Waals surface area contributed by atoms with Gasteiger partial charge in [-0.25, -0.2) is 6.57 Å². The Balaban J connectivity index is 3.14. The molecule has 0 fully saturated rings. The van der Waals surface area contributed by atoms with Gasteiger partial charge in [-0.2, -0.15) is 0 Å². The first-order valence-corrected chi connectivity index (χ1v) is 8.09. The van der Waals surface area contributed by atoms with Gasteiger partial charge in [0, 0.05) is 20.3 Å². The number of rotatable bonds is 10. The van der Waals surface area contributed by atoms with Gasteiger partial charge in [-0.15, -0.1) is 0 Å². The number of hydrogen-bond acceptors (Lipinski definition) is 0. The van der Waals surface area contributed by atoms with Crippen LogP contribution in [0.5, 0.6) is 0 Å². The summed E-state index contributed by atoms with van der Waals surface area (Å²) in [7, 11) is 0. The minimum absolute atomic E-state index is 0.125. The molecule has 0 aliphatic heterocycles. The lowest BCUT2D eigenvalue weighted by molar-refractivity contribution is 0.494. The lowest BCUT2D eigenvalue weighted by atomic mass is 9.97. The van der Waals surface area contributed by atoms with Gasteiger partial charge in [0.05, 0.1) is 0 Å².